The summed E-state index contributed by atoms with van der Waals surface area (Å²) in [7, 11) is 0. The number of para-hydroxylation sites is 1. The number of nitrogens with zero attached hydrogens (tertiary/aromatic N) is 1. The van der Waals surface area contributed by atoms with Gasteiger partial charge in [0.1, 0.15) is 16.5 Å². The molecule has 2 aromatic carbocycles. The van der Waals surface area contributed by atoms with Gasteiger partial charge < -0.3 is 15.6 Å². The minimum Gasteiger partial charge on any atom is -0.477 e. The van der Waals surface area contributed by atoms with Crippen LogP contribution in [-0.4, -0.2) is 33.5 Å². The molecule has 2 aliphatic rings. The van der Waals surface area contributed by atoms with Crippen molar-refractivity contribution in [2.24, 2.45) is 11.1 Å². The first-order valence-electron chi connectivity index (χ1n) is 10.2. The summed E-state index contributed by atoms with van der Waals surface area (Å²) in [5, 5.41) is 12.3. The Morgan fingerprint density at radius 1 is 1.16 bits per heavy atom. The lowest BCUT2D eigenvalue weighted by atomic mass is 9.82. The van der Waals surface area contributed by atoms with Crippen LogP contribution >= 0.6 is 11.8 Å². The first-order chi connectivity index (χ1) is 15.0. The molecular weight excluding hydrogens is 414 g/mol. The number of carbonyl (C=O) groups excluding carboxylic acids is 1. The SMILES string of the molecule is NC(=O)[C@@]1(C2SC=C(C(=O)O)N2Nc2ccccc2)CCC[C@H]1OCc1ccccc1. The maximum Gasteiger partial charge on any atom is 0.354 e. The van der Waals surface area contributed by atoms with Crippen molar-refractivity contribution in [3.8, 4) is 0 Å². The highest BCUT2D eigenvalue weighted by molar-refractivity contribution is 8.03. The van der Waals surface area contributed by atoms with Crippen molar-refractivity contribution in [1.29, 1.82) is 0 Å². The number of hydrogen-bond acceptors (Lipinski definition) is 6. The lowest BCUT2D eigenvalue weighted by molar-refractivity contribution is -0.142. The zero-order chi connectivity index (χ0) is 21.8. The average molecular weight is 440 g/mol. The monoisotopic (exact) mass is 439 g/mol. The summed E-state index contributed by atoms with van der Waals surface area (Å²) in [5.74, 6) is -1.54. The second-order valence-electron chi connectivity index (χ2n) is 7.73. The first kappa shape index (κ1) is 21.3. The van der Waals surface area contributed by atoms with Gasteiger partial charge in [0.25, 0.3) is 0 Å². The van der Waals surface area contributed by atoms with E-state index in [1.807, 2.05) is 60.7 Å². The summed E-state index contributed by atoms with van der Waals surface area (Å²) < 4.78 is 6.23. The van der Waals surface area contributed by atoms with E-state index in [1.54, 1.807) is 10.4 Å². The lowest BCUT2D eigenvalue weighted by Crippen LogP contribution is -2.57. The van der Waals surface area contributed by atoms with Crippen LogP contribution in [0.1, 0.15) is 24.8 Å². The van der Waals surface area contributed by atoms with Crippen molar-refractivity contribution in [2.75, 3.05) is 5.43 Å². The Kier molecular flexibility index (Phi) is 6.20. The van der Waals surface area contributed by atoms with Crippen LogP contribution in [-0.2, 0) is 20.9 Å². The fourth-order valence-corrected chi connectivity index (χ4v) is 5.73. The zero-order valence-corrected chi connectivity index (χ0v) is 17.8. The quantitative estimate of drug-likeness (QED) is 0.578. The van der Waals surface area contributed by atoms with Gasteiger partial charge in [-0.3, -0.25) is 15.2 Å². The van der Waals surface area contributed by atoms with E-state index in [0.717, 1.165) is 17.7 Å². The molecule has 3 atom stereocenters. The van der Waals surface area contributed by atoms with Gasteiger partial charge in [0, 0.05) is 5.41 Å². The number of thioether (sulfide) groups is 1. The summed E-state index contributed by atoms with van der Waals surface area (Å²) in [5.41, 5.74) is 9.94. The van der Waals surface area contributed by atoms with Gasteiger partial charge in [-0.2, -0.15) is 0 Å². The Labute approximate surface area is 185 Å². The molecule has 1 heterocycles. The lowest BCUT2D eigenvalue weighted by Gasteiger charge is -2.42. The molecule has 1 fully saturated rings. The van der Waals surface area contributed by atoms with Gasteiger partial charge in [-0.15, -0.1) is 11.8 Å². The van der Waals surface area contributed by atoms with Gasteiger partial charge in [0.2, 0.25) is 5.91 Å². The number of ether oxygens (including phenoxy) is 1. The molecule has 1 saturated carbocycles. The van der Waals surface area contributed by atoms with Gasteiger partial charge in [-0.1, -0.05) is 48.5 Å². The number of nitrogens with two attached hydrogens (primary N) is 1. The molecule has 0 saturated heterocycles. The van der Waals surface area contributed by atoms with Crippen LogP contribution in [0.4, 0.5) is 5.69 Å². The summed E-state index contributed by atoms with van der Waals surface area (Å²) in [6.45, 7) is 0.364. The fraction of sp³-hybridized carbons (Fsp3) is 0.304. The minimum absolute atomic E-state index is 0.0770. The van der Waals surface area contributed by atoms with Crippen LogP contribution in [0.3, 0.4) is 0 Å². The Morgan fingerprint density at radius 3 is 2.48 bits per heavy atom. The van der Waals surface area contributed by atoms with Crippen LogP contribution < -0.4 is 11.2 Å². The van der Waals surface area contributed by atoms with Crippen molar-refractivity contribution in [2.45, 2.75) is 37.3 Å². The highest BCUT2D eigenvalue weighted by Crippen LogP contribution is 2.52. The molecule has 0 spiro atoms. The molecule has 1 amide bonds. The number of benzene rings is 2. The van der Waals surface area contributed by atoms with Gasteiger partial charge in [-0.25, -0.2) is 4.79 Å². The van der Waals surface area contributed by atoms with Crippen LogP contribution in [0.5, 0.6) is 0 Å². The largest absolute Gasteiger partial charge is 0.477 e. The number of amides is 1. The minimum atomic E-state index is -1.07. The number of primary amides is 1. The Balaban J connectivity index is 1.63. The molecule has 0 radical (unpaired) electrons. The van der Waals surface area contributed by atoms with E-state index < -0.39 is 28.8 Å². The van der Waals surface area contributed by atoms with Crippen LogP contribution in [0.15, 0.2) is 71.8 Å². The van der Waals surface area contributed by atoms with Crippen molar-refractivity contribution in [1.82, 2.24) is 5.01 Å². The molecule has 1 aliphatic carbocycles. The summed E-state index contributed by atoms with van der Waals surface area (Å²) >= 11 is 1.30. The van der Waals surface area contributed by atoms with Crippen molar-refractivity contribution in [3.05, 3.63) is 77.3 Å². The second-order valence-corrected chi connectivity index (χ2v) is 8.68. The predicted octanol–water partition coefficient (Wildman–Crippen LogP) is 3.56. The molecular formula is C23H25N3O4S. The number of rotatable bonds is 8. The standard InChI is InChI=1S/C23H25N3O4S/c24-21(29)23(13-7-12-19(23)30-14-16-8-3-1-4-9-16)22-26(18(15-31-22)20(27)28)25-17-10-5-2-6-11-17/h1-6,8-11,15,19,22,25H,7,12-14H2,(H2,24,29)(H,27,28)/t19-,22?,23-/m1/s1. The number of carboxylic acids is 1. The van der Waals surface area contributed by atoms with E-state index in [1.165, 1.54) is 11.8 Å². The molecule has 31 heavy (non-hydrogen) atoms. The number of aliphatic carboxylic acids is 1. The number of carboxylic acid groups (broad SMARTS) is 1. The normalized spacial score (nSPS) is 25.3. The molecule has 0 aromatic heterocycles. The van der Waals surface area contributed by atoms with Crippen LogP contribution in [0, 0.1) is 5.41 Å². The van der Waals surface area contributed by atoms with Crippen LogP contribution in [0.2, 0.25) is 0 Å². The molecule has 7 nitrogen and oxygen atoms in total. The average Bonchev–Trinajstić information content (AvgIpc) is 3.38. The van der Waals surface area contributed by atoms with E-state index >= 15 is 0 Å². The van der Waals surface area contributed by atoms with Crippen molar-refractivity contribution in [3.63, 3.8) is 0 Å². The fourth-order valence-electron chi connectivity index (χ4n) is 4.34. The highest BCUT2D eigenvalue weighted by Gasteiger charge is 2.58. The van der Waals surface area contributed by atoms with Crippen molar-refractivity contribution < 1.29 is 19.4 Å². The third kappa shape index (κ3) is 4.13. The zero-order valence-electron chi connectivity index (χ0n) is 16.9. The van der Waals surface area contributed by atoms with Gasteiger partial charge >= 0.3 is 5.97 Å². The highest BCUT2D eigenvalue weighted by atomic mass is 32.2. The van der Waals surface area contributed by atoms with E-state index in [4.69, 9.17) is 10.5 Å². The number of hydrazine groups is 1. The summed E-state index contributed by atoms with van der Waals surface area (Å²) in [4.78, 5) is 24.8. The molecule has 8 heteroatoms. The van der Waals surface area contributed by atoms with E-state index in [-0.39, 0.29) is 5.70 Å². The van der Waals surface area contributed by atoms with Gasteiger partial charge in [-0.05, 0) is 37.0 Å². The summed E-state index contributed by atoms with van der Waals surface area (Å²) in [6.07, 6.45) is 1.59. The molecule has 1 unspecified atom stereocenters. The Bertz CT molecular complexity index is 969. The van der Waals surface area contributed by atoms with Crippen molar-refractivity contribution >= 4 is 29.3 Å². The van der Waals surface area contributed by atoms with E-state index in [0.29, 0.717) is 19.4 Å². The molecule has 4 rings (SSSR count). The molecule has 2 aromatic rings. The van der Waals surface area contributed by atoms with E-state index in [2.05, 4.69) is 5.43 Å². The number of anilines is 1. The van der Waals surface area contributed by atoms with Gasteiger partial charge in [0.05, 0.1) is 18.4 Å². The molecule has 0 bridgehead atoms. The Hall–Kier alpha value is -2.97. The molecule has 4 N–H and O–H groups in total. The third-order valence-corrected chi connectivity index (χ3v) is 7.12. The third-order valence-electron chi connectivity index (χ3n) is 5.87. The van der Waals surface area contributed by atoms with Gasteiger partial charge in [0.15, 0.2) is 0 Å². The van der Waals surface area contributed by atoms with E-state index in [9.17, 15) is 14.7 Å². The predicted molar refractivity (Wildman–Crippen MR) is 119 cm³/mol. The van der Waals surface area contributed by atoms with Crippen LogP contribution in [0.25, 0.3) is 0 Å². The smallest absolute Gasteiger partial charge is 0.354 e. The maximum absolute atomic E-state index is 12.9. The second kappa shape index (κ2) is 9.03. The number of hydrogen-bond donors (Lipinski definition) is 3. The first-order valence-corrected chi connectivity index (χ1v) is 11.1. The number of carbonyl (C=O) groups is 2. The molecule has 1 aliphatic heterocycles. The topological polar surface area (TPSA) is 105 Å². The Morgan fingerprint density at radius 2 is 1.84 bits per heavy atom. The summed E-state index contributed by atoms with van der Waals surface area (Å²) in [6, 6.07) is 19.0. The maximum atomic E-state index is 12.9. The molecule has 162 valence electrons. The number of nitrogens with one attached hydrogen (secondary N) is 1.